The topological polar surface area (TPSA) is 50.5 Å². The molecule has 5 nitrogen and oxygen atoms in total. The van der Waals surface area contributed by atoms with Crippen molar-refractivity contribution in [3.05, 3.63) is 41.2 Å². The molecule has 0 amide bonds. The van der Waals surface area contributed by atoms with Crippen LogP contribution in [0.3, 0.4) is 0 Å². The van der Waals surface area contributed by atoms with Crippen LogP contribution in [0, 0.1) is 6.92 Å². The van der Waals surface area contributed by atoms with Crippen LogP contribution < -0.4 is 9.64 Å². The normalized spacial score (nSPS) is 12.2. The highest BCUT2D eigenvalue weighted by Crippen LogP contribution is 2.25. The van der Waals surface area contributed by atoms with E-state index in [-0.39, 0.29) is 6.61 Å². The Morgan fingerprint density at radius 3 is 2.90 bits per heavy atom. The first-order valence-electron chi connectivity index (χ1n) is 6.72. The van der Waals surface area contributed by atoms with Gasteiger partial charge in [0.15, 0.2) is 0 Å². The van der Waals surface area contributed by atoms with Crippen LogP contribution in [0.4, 0.5) is 5.69 Å². The number of likely N-dealkylation sites (N-methyl/N-ethyl adjacent to an activating group) is 1. The van der Waals surface area contributed by atoms with Gasteiger partial charge in [-0.15, -0.1) is 0 Å². The molecular weight excluding hydrogens is 290 g/mol. The number of ether oxygens (including phenoxy) is 1. The van der Waals surface area contributed by atoms with Gasteiger partial charge < -0.3 is 14.7 Å². The Bertz CT molecular complexity index is 600. The maximum absolute atomic E-state index is 10.1. The van der Waals surface area contributed by atoms with Crippen LogP contribution in [0.1, 0.15) is 5.56 Å². The second-order valence-corrected chi connectivity index (χ2v) is 5.56. The van der Waals surface area contributed by atoms with Crippen LogP contribution in [-0.2, 0) is 7.05 Å². The molecule has 2 rings (SSSR count). The standard InChI is InChI=1S/C15H20ClN3O2/c1-11-4-5-14(16)15(6-11)21-10-13(20)9-18(2)12-7-17-19(3)8-12/h4-8,13,20H,9-10H2,1-3H3. The summed E-state index contributed by atoms with van der Waals surface area (Å²) in [5, 5.41) is 14.7. The third kappa shape index (κ3) is 4.37. The van der Waals surface area contributed by atoms with E-state index >= 15 is 0 Å². The SMILES string of the molecule is Cc1ccc(Cl)c(OCC(O)CN(C)c2cnn(C)c2)c1. The van der Waals surface area contributed by atoms with E-state index in [1.165, 1.54) is 0 Å². The summed E-state index contributed by atoms with van der Waals surface area (Å²) in [5.74, 6) is 0.597. The van der Waals surface area contributed by atoms with Gasteiger partial charge in [-0.2, -0.15) is 5.10 Å². The third-order valence-corrected chi connectivity index (χ3v) is 3.45. The van der Waals surface area contributed by atoms with E-state index < -0.39 is 6.10 Å². The highest BCUT2D eigenvalue weighted by Gasteiger charge is 2.12. The minimum Gasteiger partial charge on any atom is -0.489 e. The number of rotatable bonds is 6. The molecule has 0 fully saturated rings. The molecule has 1 N–H and O–H groups in total. The number of aryl methyl sites for hydroxylation is 2. The van der Waals surface area contributed by atoms with Gasteiger partial charge in [-0.3, -0.25) is 4.68 Å². The molecule has 0 bridgehead atoms. The zero-order valence-corrected chi connectivity index (χ0v) is 13.2. The summed E-state index contributed by atoms with van der Waals surface area (Å²) in [6, 6.07) is 5.57. The van der Waals surface area contributed by atoms with Gasteiger partial charge in [-0.1, -0.05) is 17.7 Å². The minimum atomic E-state index is -0.619. The number of aliphatic hydroxyl groups is 1. The van der Waals surface area contributed by atoms with Crippen molar-refractivity contribution in [2.45, 2.75) is 13.0 Å². The maximum atomic E-state index is 10.1. The largest absolute Gasteiger partial charge is 0.489 e. The van der Waals surface area contributed by atoms with E-state index in [0.717, 1.165) is 11.3 Å². The molecule has 0 saturated heterocycles. The lowest BCUT2D eigenvalue weighted by molar-refractivity contribution is 0.113. The Kier molecular flexibility index (Phi) is 5.09. The van der Waals surface area contributed by atoms with Crippen molar-refractivity contribution in [3.63, 3.8) is 0 Å². The Labute approximate surface area is 129 Å². The summed E-state index contributed by atoms with van der Waals surface area (Å²) >= 11 is 6.06. The number of halogens is 1. The predicted molar refractivity (Wildman–Crippen MR) is 84.2 cm³/mol. The average molecular weight is 310 g/mol. The van der Waals surface area contributed by atoms with E-state index in [1.54, 1.807) is 16.9 Å². The van der Waals surface area contributed by atoms with Gasteiger partial charge in [-0.25, -0.2) is 0 Å². The monoisotopic (exact) mass is 309 g/mol. The third-order valence-electron chi connectivity index (χ3n) is 3.13. The lowest BCUT2D eigenvalue weighted by atomic mass is 10.2. The van der Waals surface area contributed by atoms with E-state index in [4.69, 9.17) is 16.3 Å². The zero-order chi connectivity index (χ0) is 15.4. The zero-order valence-electron chi connectivity index (χ0n) is 12.5. The van der Waals surface area contributed by atoms with Crippen molar-refractivity contribution in [1.29, 1.82) is 0 Å². The van der Waals surface area contributed by atoms with Gasteiger partial charge in [0.2, 0.25) is 0 Å². The lowest BCUT2D eigenvalue weighted by Gasteiger charge is -2.21. The summed E-state index contributed by atoms with van der Waals surface area (Å²) < 4.78 is 7.32. The molecule has 6 heteroatoms. The molecule has 0 spiro atoms. The van der Waals surface area contributed by atoms with Crippen molar-refractivity contribution < 1.29 is 9.84 Å². The lowest BCUT2D eigenvalue weighted by Crippen LogP contribution is -2.33. The van der Waals surface area contributed by atoms with Gasteiger partial charge in [0, 0.05) is 26.8 Å². The smallest absolute Gasteiger partial charge is 0.138 e. The molecule has 2 aromatic rings. The van der Waals surface area contributed by atoms with Gasteiger partial charge >= 0.3 is 0 Å². The Morgan fingerprint density at radius 1 is 1.48 bits per heavy atom. The molecule has 1 unspecified atom stereocenters. The maximum Gasteiger partial charge on any atom is 0.138 e. The molecule has 1 aromatic carbocycles. The van der Waals surface area contributed by atoms with Crippen LogP contribution in [0.15, 0.2) is 30.6 Å². The minimum absolute atomic E-state index is 0.188. The molecule has 1 aromatic heterocycles. The van der Waals surface area contributed by atoms with E-state index in [0.29, 0.717) is 17.3 Å². The Morgan fingerprint density at radius 2 is 2.24 bits per heavy atom. The van der Waals surface area contributed by atoms with Gasteiger partial charge in [0.25, 0.3) is 0 Å². The van der Waals surface area contributed by atoms with E-state index in [2.05, 4.69) is 5.10 Å². The first kappa shape index (κ1) is 15.7. The summed E-state index contributed by atoms with van der Waals surface area (Å²) in [6.45, 7) is 2.61. The van der Waals surface area contributed by atoms with Gasteiger partial charge in [0.1, 0.15) is 18.5 Å². The molecule has 114 valence electrons. The van der Waals surface area contributed by atoms with E-state index in [9.17, 15) is 5.11 Å². The fraction of sp³-hybridized carbons (Fsp3) is 0.400. The fourth-order valence-corrected chi connectivity index (χ4v) is 2.16. The van der Waals surface area contributed by atoms with E-state index in [1.807, 2.05) is 44.2 Å². The fourth-order valence-electron chi connectivity index (χ4n) is 1.99. The number of nitrogens with zero attached hydrogens (tertiary/aromatic N) is 3. The van der Waals surface area contributed by atoms with Crippen LogP contribution in [-0.4, -0.2) is 41.2 Å². The average Bonchev–Trinajstić information content (AvgIpc) is 2.86. The van der Waals surface area contributed by atoms with Gasteiger partial charge in [-0.05, 0) is 24.6 Å². The Balaban J connectivity index is 1.87. The predicted octanol–water partition coefficient (Wildman–Crippen LogP) is 2.26. The molecule has 1 heterocycles. The first-order valence-corrected chi connectivity index (χ1v) is 7.10. The van der Waals surface area contributed by atoms with Crippen molar-refractivity contribution >= 4 is 17.3 Å². The number of aromatic nitrogens is 2. The summed E-state index contributed by atoms with van der Waals surface area (Å²) in [5.41, 5.74) is 2.02. The molecule has 0 radical (unpaired) electrons. The number of hydrogen-bond donors (Lipinski definition) is 1. The number of anilines is 1. The molecule has 21 heavy (non-hydrogen) atoms. The summed E-state index contributed by atoms with van der Waals surface area (Å²) in [7, 11) is 3.76. The van der Waals surface area contributed by atoms with Crippen molar-refractivity contribution in [3.8, 4) is 5.75 Å². The second-order valence-electron chi connectivity index (χ2n) is 5.15. The van der Waals surface area contributed by atoms with Crippen molar-refractivity contribution in [2.75, 3.05) is 25.1 Å². The van der Waals surface area contributed by atoms with Crippen LogP contribution in [0.25, 0.3) is 0 Å². The van der Waals surface area contributed by atoms with Crippen LogP contribution >= 0.6 is 11.6 Å². The second kappa shape index (κ2) is 6.83. The molecule has 1 atom stereocenters. The first-order chi connectivity index (χ1) is 9.95. The van der Waals surface area contributed by atoms with Crippen LogP contribution in [0.5, 0.6) is 5.75 Å². The molecule has 0 aliphatic rings. The summed E-state index contributed by atoms with van der Waals surface area (Å²) in [6.07, 6.45) is 3.03. The number of benzene rings is 1. The highest BCUT2D eigenvalue weighted by atomic mass is 35.5. The van der Waals surface area contributed by atoms with Crippen LogP contribution in [0.2, 0.25) is 5.02 Å². The van der Waals surface area contributed by atoms with Gasteiger partial charge in [0.05, 0.1) is 16.9 Å². The number of aliphatic hydroxyl groups excluding tert-OH is 1. The molecule has 0 aliphatic heterocycles. The molecular formula is C15H20ClN3O2. The van der Waals surface area contributed by atoms with Crippen molar-refractivity contribution in [2.24, 2.45) is 7.05 Å². The number of hydrogen-bond acceptors (Lipinski definition) is 4. The highest BCUT2D eigenvalue weighted by molar-refractivity contribution is 6.32. The molecule has 0 saturated carbocycles. The molecule has 0 aliphatic carbocycles. The quantitative estimate of drug-likeness (QED) is 0.889. The Hall–Kier alpha value is -1.72. The van der Waals surface area contributed by atoms with Crippen molar-refractivity contribution in [1.82, 2.24) is 9.78 Å². The summed E-state index contributed by atoms with van der Waals surface area (Å²) in [4.78, 5) is 1.93.